The van der Waals surface area contributed by atoms with Gasteiger partial charge in [0.05, 0.1) is 0 Å². The smallest absolute Gasteiger partial charge is 0.104 e. The van der Waals surface area contributed by atoms with Gasteiger partial charge in [0.2, 0.25) is 0 Å². The van der Waals surface area contributed by atoms with Crippen LogP contribution >= 0.6 is 0 Å². The molecule has 1 radical (unpaired) electrons. The van der Waals surface area contributed by atoms with Gasteiger partial charge < -0.3 is 5.11 Å². The topological polar surface area (TPSA) is 32.6 Å². The molecule has 0 aliphatic heterocycles. The molecule has 0 aromatic heterocycles. The van der Waals surface area contributed by atoms with E-state index in [-0.39, 0.29) is 41.5 Å². The summed E-state index contributed by atoms with van der Waals surface area (Å²) < 4.78 is 0. The maximum absolute atomic E-state index is 10.2. The van der Waals surface area contributed by atoms with Gasteiger partial charge in [0.1, 0.15) is 5.60 Å². The molecule has 2 nitrogen and oxygen atoms in total. The van der Waals surface area contributed by atoms with Crippen molar-refractivity contribution in [1.82, 2.24) is 0 Å². The molecule has 1 atom stereocenters. The third-order valence-corrected chi connectivity index (χ3v) is 2.52. The average Bonchev–Trinajstić information content (AvgIpc) is 2.03. The molecule has 0 saturated carbocycles. The summed E-state index contributed by atoms with van der Waals surface area (Å²) in [5.74, 6) is 0.234. The number of aliphatic hydroxyl groups is 1. The van der Waals surface area contributed by atoms with E-state index in [9.17, 15) is 5.11 Å². The second-order valence-corrected chi connectivity index (χ2v) is 3.49. The third kappa shape index (κ3) is 4.24. The van der Waals surface area contributed by atoms with Crippen molar-refractivity contribution >= 4 is 5.71 Å². The Hall–Kier alpha value is 0.825. The van der Waals surface area contributed by atoms with E-state index >= 15 is 0 Å². The van der Waals surface area contributed by atoms with Crippen LogP contribution in [0.25, 0.3) is 0 Å². The summed E-state index contributed by atoms with van der Waals surface area (Å²) in [7, 11) is 0. The van der Waals surface area contributed by atoms with Crippen molar-refractivity contribution in [3.8, 4) is 0 Å². The molecule has 0 rings (SSSR count). The molecule has 0 spiro atoms. The predicted molar refractivity (Wildman–Crippen MR) is 53.7 cm³/mol. The molecule has 13 heavy (non-hydrogen) atoms. The maximum atomic E-state index is 10.2. The number of hydrogen-bond donors (Lipinski definition) is 1. The zero-order valence-corrected chi connectivity index (χ0v) is 13.1. The van der Waals surface area contributed by atoms with Crippen LogP contribution in [-0.2, 0) is 0 Å². The number of rotatable bonds is 4. The minimum absolute atomic E-state index is 0. The number of aliphatic imine (C=N–C) groups is 1. The normalized spacial score (nSPS) is 16.7. The van der Waals surface area contributed by atoms with Crippen LogP contribution < -0.4 is 0 Å². The SMILES string of the molecule is CCN=C(C)C(O)(CC)C(C)C.[La]. The van der Waals surface area contributed by atoms with Gasteiger partial charge in [-0.3, -0.25) is 4.99 Å². The van der Waals surface area contributed by atoms with Crippen molar-refractivity contribution < 1.29 is 40.7 Å². The minimum Gasteiger partial charge on any atom is -0.384 e. The molecule has 0 aromatic carbocycles. The predicted octanol–water partition coefficient (Wildman–Crippen LogP) is 2.26. The molecule has 0 aromatic rings. The van der Waals surface area contributed by atoms with E-state index in [1.807, 2.05) is 34.6 Å². The Morgan fingerprint density at radius 2 is 1.85 bits per heavy atom. The average molecular weight is 310 g/mol. The number of nitrogens with zero attached hydrogens (tertiary/aromatic N) is 1. The fourth-order valence-electron chi connectivity index (χ4n) is 1.46. The van der Waals surface area contributed by atoms with E-state index in [2.05, 4.69) is 4.99 Å². The fraction of sp³-hybridized carbons (Fsp3) is 0.900. The molecule has 0 aliphatic rings. The molecule has 0 heterocycles. The van der Waals surface area contributed by atoms with Gasteiger partial charge in [-0.05, 0) is 26.2 Å². The van der Waals surface area contributed by atoms with Crippen molar-refractivity contribution in [2.75, 3.05) is 6.54 Å². The molecule has 0 aliphatic carbocycles. The van der Waals surface area contributed by atoms with Gasteiger partial charge in [-0.15, -0.1) is 0 Å². The zero-order chi connectivity index (χ0) is 9.78. The first kappa shape index (κ1) is 16.3. The molecule has 1 N–H and O–H groups in total. The summed E-state index contributed by atoms with van der Waals surface area (Å²) in [6, 6.07) is 0. The Bertz CT molecular complexity index is 168. The first-order valence-electron chi connectivity index (χ1n) is 4.72. The third-order valence-electron chi connectivity index (χ3n) is 2.52. The molecule has 75 valence electrons. The maximum Gasteiger partial charge on any atom is 0.104 e. The Kier molecular flexibility index (Phi) is 8.96. The van der Waals surface area contributed by atoms with Crippen LogP contribution in [0.1, 0.15) is 41.0 Å². The summed E-state index contributed by atoms with van der Waals surface area (Å²) in [5.41, 5.74) is 0.165. The molecular weight excluding hydrogens is 289 g/mol. The van der Waals surface area contributed by atoms with Crippen LogP contribution in [0.5, 0.6) is 0 Å². The van der Waals surface area contributed by atoms with Gasteiger partial charge in [-0.1, -0.05) is 20.8 Å². The van der Waals surface area contributed by atoms with Crippen LogP contribution in [0.3, 0.4) is 0 Å². The van der Waals surface area contributed by atoms with Crippen LogP contribution in [0.2, 0.25) is 0 Å². The molecule has 0 saturated heterocycles. The van der Waals surface area contributed by atoms with E-state index < -0.39 is 5.60 Å². The van der Waals surface area contributed by atoms with E-state index in [1.165, 1.54) is 0 Å². The van der Waals surface area contributed by atoms with Crippen molar-refractivity contribution in [2.45, 2.75) is 46.6 Å². The van der Waals surface area contributed by atoms with Crippen LogP contribution in [0, 0.1) is 41.5 Å². The monoisotopic (exact) mass is 310 g/mol. The Labute approximate surface area is 110 Å². The molecule has 0 bridgehead atoms. The van der Waals surface area contributed by atoms with Crippen LogP contribution in [0.4, 0.5) is 0 Å². The number of hydrogen-bond acceptors (Lipinski definition) is 2. The van der Waals surface area contributed by atoms with E-state index in [0.29, 0.717) is 0 Å². The molecule has 3 heteroatoms. The zero-order valence-electron chi connectivity index (χ0n) is 9.46. The van der Waals surface area contributed by atoms with Gasteiger partial charge in [-0.25, -0.2) is 0 Å². The molecule has 1 unspecified atom stereocenters. The van der Waals surface area contributed by atoms with Crippen molar-refractivity contribution in [3.05, 3.63) is 0 Å². The Morgan fingerprint density at radius 3 is 2.08 bits per heavy atom. The first-order valence-corrected chi connectivity index (χ1v) is 4.72. The molecule has 0 fully saturated rings. The Balaban J connectivity index is 0. The second-order valence-electron chi connectivity index (χ2n) is 3.49. The standard InChI is InChI=1S/C10H21NO.La/c1-6-10(12,8(3)4)9(5)11-7-2;/h8,12H,6-7H2,1-5H3;. The van der Waals surface area contributed by atoms with Gasteiger partial charge in [0.15, 0.2) is 0 Å². The van der Waals surface area contributed by atoms with Crippen molar-refractivity contribution in [3.63, 3.8) is 0 Å². The van der Waals surface area contributed by atoms with E-state index in [1.54, 1.807) is 0 Å². The summed E-state index contributed by atoms with van der Waals surface area (Å²) >= 11 is 0. The summed E-state index contributed by atoms with van der Waals surface area (Å²) in [6.07, 6.45) is 0.736. The second kappa shape index (κ2) is 7.16. The van der Waals surface area contributed by atoms with Gasteiger partial charge >= 0.3 is 0 Å². The molecular formula is C10H21LaNO. The van der Waals surface area contributed by atoms with Gasteiger partial charge in [0.25, 0.3) is 0 Å². The van der Waals surface area contributed by atoms with E-state index in [4.69, 9.17) is 0 Å². The summed E-state index contributed by atoms with van der Waals surface area (Å²) in [4.78, 5) is 4.26. The largest absolute Gasteiger partial charge is 0.384 e. The summed E-state index contributed by atoms with van der Waals surface area (Å²) in [6.45, 7) is 10.7. The first-order chi connectivity index (χ1) is 5.49. The van der Waals surface area contributed by atoms with E-state index in [0.717, 1.165) is 18.7 Å². The van der Waals surface area contributed by atoms with Crippen LogP contribution in [0.15, 0.2) is 4.99 Å². The van der Waals surface area contributed by atoms with Crippen LogP contribution in [-0.4, -0.2) is 23.0 Å². The van der Waals surface area contributed by atoms with Crippen molar-refractivity contribution in [1.29, 1.82) is 0 Å². The summed E-state index contributed by atoms with van der Waals surface area (Å²) in [5, 5.41) is 10.2. The molecule has 0 amide bonds. The Morgan fingerprint density at radius 1 is 1.38 bits per heavy atom. The fourth-order valence-corrected chi connectivity index (χ4v) is 1.46. The van der Waals surface area contributed by atoms with Gasteiger partial charge in [-0.2, -0.15) is 0 Å². The van der Waals surface area contributed by atoms with Crippen molar-refractivity contribution in [2.24, 2.45) is 10.9 Å². The minimum atomic E-state index is -0.698. The quantitative estimate of drug-likeness (QED) is 0.794. The van der Waals surface area contributed by atoms with Gasteiger partial charge in [0, 0.05) is 47.9 Å².